The molecule has 4 rings (SSSR count). The van der Waals surface area contributed by atoms with E-state index in [0.29, 0.717) is 6.42 Å². The topological polar surface area (TPSA) is 29.5 Å². The summed E-state index contributed by atoms with van der Waals surface area (Å²) in [6, 6.07) is 28.9. The summed E-state index contributed by atoms with van der Waals surface area (Å²) in [5.74, 6) is 0.247. The quantitative estimate of drug-likeness (QED) is 0.379. The van der Waals surface area contributed by atoms with Gasteiger partial charge >= 0.3 is 0 Å². The third kappa shape index (κ3) is 6.15. The Kier molecular flexibility index (Phi) is 7.87. The van der Waals surface area contributed by atoms with Gasteiger partial charge in [-0.1, -0.05) is 90.5 Å². The summed E-state index contributed by atoms with van der Waals surface area (Å²) in [6.07, 6.45) is 3.81. The number of nitrogens with zero attached hydrogens (tertiary/aromatic N) is 1. The fraction of sp³-hybridized carbons (Fsp3) is 0.345. The molecule has 0 spiro atoms. The number of likely N-dealkylation sites (tertiary alicyclic amines) is 1. The van der Waals surface area contributed by atoms with Gasteiger partial charge in [-0.05, 0) is 43.9 Å². The number of rotatable bonds is 9. The van der Waals surface area contributed by atoms with Crippen LogP contribution in [-0.4, -0.2) is 36.4 Å². The zero-order chi connectivity index (χ0) is 22.2. The molecule has 1 aliphatic rings. The van der Waals surface area contributed by atoms with Crippen molar-refractivity contribution in [1.29, 1.82) is 0 Å². The van der Waals surface area contributed by atoms with Crippen LogP contribution in [0.2, 0.25) is 0 Å². The summed E-state index contributed by atoms with van der Waals surface area (Å²) in [5.41, 5.74) is 4.43. The van der Waals surface area contributed by atoms with Crippen LogP contribution in [0.3, 0.4) is 0 Å². The maximum Gasteiger partial charge on any atom is 0.162 e. The van der Waals surface area contributed by atoms with E-state index in [2.05, 4.69) is 53.4 Å². The Bertz CT molecular complexity index is 922. The van der Waals surface area contributed by atoms with E-state index in [1.165, 1.54) is 16.7 Å². The number of ketones is 1. The number of carbonyl (C=O) groups is 1. The molecule has 3 heteroatoms. The molecule has 166 valence electrons. The lowest BCUT2D eigenvalue weighted by molar-refractivity contribution is -0.0270. The summed E-state index contributed by atoms with van der Waals surface area (Å²) in [7, 11) is 0. The number of benzene rings is 3. The van der Waals surface area contributed by atoms with Crippen molar-refractivity contribution >= 4 is 5.78 Å². The summed E-state index contributed by atoms with van der Waals surface area (Å²) in [5, 5.41) is 0. The average molecular weight is 428 g/mol. The lowest BCUT2D eigenvalue weighted by atomic mass is 10.00. The first-order chi connectivity index (χ1) is 15.7. The zero-order valence-corrected chi connectivity index (χ0v) is 19.0. The molecular formula is C29H33NO2. The number of ether oxygens (including phenoxy) is 1. The second kappa shape index (κ2) is 11.2. The first kappa shape index (κ1) is 22.4. The second-order valence-electron chi connectivity index (χ2n) is 8.77. The van der Waals surface area contributed by atoms with Crippen molar-refractivity contribution in [2.45, 2.75) is 44.8 Å². The fourth-order valence-electron chi connectivity index (χ4n) is 4.41. The molecule has 0 saturated carbocycles. The standard InChI is InChI=1S/C29H33NO2/c1-23-14-16-24(17-15-23)28(31)13-8-20-30-21-18-27(19-22-30)32-29(25-9-4-2-5-10-25)26-11-6-3-7-12-26/h2-7,9-12,14-17,27,29H,8,13,18-22H2,1H3. The minimum absolute atomic E-state index is 0.0268. The SMILES string of the molecule is Cc1ccc(C(=O)CCCN2CCC(OC(c3ccccc3)c3ccccc3)CC2)cc1. The Morgan fingerprint density at radius 1 is 0.875 bits per heavy atom. The molecule has 3 aromatic rings. The molecule has 1 fully saturated rings. The molecular weight excluding hydrogens is 394 g/mol. The van der Waals surface area contributed by atoms with E-state index < -0.39 is 0 Å². The van der Waals surface area contributed by atoms with Gasteiger partial charge in [0.1, 0.15) is 6.10 Å². The third-order valence-electron chi connectivity index (χ3n) is 6.32. The van der Waals surface area contributed by atoms with E-state index in [1.807, 2.05) is 43.3 Å². The van der Waals surface area contributed by atoms with Crippen LogP contribution in [0.15, 0.2) is 84.9 Å². The molecule has 0 radical (unpaired) electrons. The molecule has 1 aliphatic heterocycles. The summed E-state index contributed by atoms with van der Waals surface area (Å²) < 4.78 is 6.64. The highest BCUT2D eigenvalue weighted by Gasteiger charge is 2.24. The van der Waals surface area contributed by atoms with Gasteiger partial charge in [0.15, 0.2) is 5.78 Å². The molecule has 0 atom stereocenters. The van der Waals surface area contributed by atoms with Crippen molar-refractivity contribution < 1.29 is 9.53 Å². The highest BCUT2D eigenvalue weighted by atomic mass is 16.5. The number of carbonyl (C=O) groups excluding carboxylic acids is 1. The molecule has 1 saturated heterocycles. The Morgan fingerprint density at radius 3 is 2.00 bits per heavy atom. The molecule has 3 nitrogen and oxygen atoms in total. The predicted molar refractivity (Wildman–Crippen MR) is 130 cm³/mol. The summed E-state index contributed by atoms with van der Waals surface area (Å²) in [4.78, 5) is 14.9. The number of aryl methyl sites for hydroxylation is 1. The van der Waals surface area contributed by atoms with E-state index in [-0.39, 0.29) is 18.0 Å². The first-order valence-electron chi connectivity index (χ1n) is 11.8. The molecule has 0 unspecified atom stereocenters. The van der Waals surface area contributed by atoms with Crippen LogP contribution in [0.4, 0.5) is 0 Å². The molecule has 0 aliphatic carbocycles. The van der Waals surface area contributed by atoms with Crippen molar-refractivity contribution in [1.82, 2.24) is 4.90 Å². The van der Waals surface area contributed by atoms with Gasteiger partial charge < -0.3 is 9.64 Å². The number of piperidine rings is 1. The van der Waals surface area contributed by atoms with Gasteiger partial charge in [0.25, 0.3) is 0 Å². The molecule has 3 aromatic carbocycles. The minimum Gasteiger partial charge on any atom is -0.365 e. The van der Waals surface area contributed by atoms with Gasteiger partial charge in [0.2, 0.25) is 0 Å². The Labute approximate surface area is 192 Å². The van der Waals surface area contributed by atoms with E-state index in [9.17, 15) is 4.79 Å². The molecule has 0 bridgehead atoms. The van der Waals surface area contributed by atoms with Gasteiger partial charge in [0, 0.05) is 25.1 Å². The monoisotopic (exact) mass is 427 g/mol. The molecule has 0 aromatic heterocycles. The summed E-state index contributed by atoms with van der Waals surface area (Å²) >= 11 is 0. The normalized spacial score (nSPS) is 15.2. The van der Waals surface area contributed by atoms with Crippen LogP contribution in [0.1, 0.15) is 58.8 Å². The third-order valence-corrected chi connectivity index (χ3v) is 6.32. The van der Waals surface area contributed by atoms with Gasteiger partial charge in [0.05, 0.1) is 6.10 Å². The lowest BCUT2D eigenvalue weighted by Crippen LogP contribution is -2.38. The van der Waals surface area contributed by atoms with E-state index in [1.54, 1.807) is 0 Å². The molecule has 1 heterocycles. The van der Waals surface area contributed by atoms with Crippen LogP contribution in [0.5, 0.6) is 0 Å². The maximum atomic E-state index is 12.4. The van der Waals surface area contributed by atoms with Crippen molar-refractivity contribution in [3.05, 3.63) is 107 Å². The van der Waals surface area contributed by atoms with Crippen molar-refractivity contribution in [3.8, 4) is 0 Å². The van der Waals surface area contributed by atoms with Gasteiger partial charge in [-0.3, -0.25) is 4.79 Å². The van der Waals surface area contributed by atoms with E-state index in [0.717, 1.165) is 44.5 Å². The summed E-state index contributed by atoms with van der Waals surface area (Å²) in [6.45, 7) is 5.08. The minimum atomic E-state index is -0.0268. The first-order valence-corrected chi connectivity index (χ1v) is 11.8. The number of Topliss-reactive ketones (excluding diaryl/α,β-unsaturated/α-hetero) is 1. The fourth-order valence-corrected chi connectivity index (χ4v) is 4.41. The van der Waals surface area contributed by atoms with E-state index >= 15 is 0 Å². The van der Waals surface area contributed by atoms with Crippen molar-refractivity contribution in [3.63, 3.8) is 0 Å². The van der Waals surface area contributed by atoms with Crippen LogP contribution in [0, 0.1) is 6.92 Å². The zero-order valence-electron chi connectivity index (χ0n) is 19.0. The predicted octanol–water partition coefficient (Wildman–Crippen LogP) is 6.23. The maximum absolute atomic E-state index is 12.4. The van der Waals surface area contributed by atoms with Crippen LogP contribution >= 0.6 is 0 Å². The van der Waals surface area contributed by atoms with Crippen molar-refractivity contribution in [2.24, 2.45) is 0 Å². The van der Waals surface area contributed by atoms with E-state index in [4.69, 9.17) is 4.74 Å². The largest absolute Gasteiger partial charge is 0.365 e. The van der Waals surface area contributed by atoms with Gasteiger partial charge in [-0.25, -0.2) is 0 Å². The second-order valence-corrected chi connectivity index (χ2v) is 8.77. The Balaban J connectivity index is 1.25. The highest BCUT2D eigenvalue weighted by Crippen LogP contribution is 2.30. The van der Waals surface area contributed by atoms with Crippen LogP contribution in [-0.2, 0) is 4.74 Å². The highest BCUT2D eigenvalue weighted by molar-refractivity contribution is 5.96. The molecule has 0 N–H and O–H groups in total. The van der Waals surface area contributed by atoms with Crippen LogP contribution in [0.25, 0.3) is 0 Å². The van der Waals surface area contributed by atoms with Gasteiger partial charge in [-0.2, -0.15) is 0 Å². The Morgan fingerprint density at radius 2 is 1.44 bits per heavy atom. The number of hydrogen-bond acceptors (Lipinski definition) is 3. The lowest BCUT2D eigenvalue weighted by Gasteiger charge is -2.34. The number of hydrogen-bond donors (Lipinski definition) is 0. The molecule has 32 heavy (non-hydrogen) atoms. The van der Waals surface area contributed by atoms with Gasteiger partial charge in [-0.15, -0.1) is 0 Å². The molecule has 0 amide bonds. The Hall–Kier alpha value is -2.75. The average Bonchev–Trinajstić information content (AvgIpc) is 2.85. The smallest absolute Gasteiger partial charge is 0.162 e. The van der Waals surface area contributed by atoms with Crippen molar-refractivity contribution in [2.75, 3.05) is 19.6 Å². The van der Waals surface area contributed by atoms with Crippen LogP contribution < -0.4 is 0 Å².